The van der Waals surface area contributed by atoms with E-state index in [4.69, 9.17) is 4.74 Å². The molecule has 0 spiro atoms. The number of aryl methyl sites for hydroxylation is 1. The van der Waals surface area contributed by atoms with Crippen molar-refractivity contribution in [3.63, 3.8) is 0 Å². The van der Waals surface area contributed by atoms with E-state index in [1.807, 2.05) is 30.3 Å². The number of alkyl carbamates (subject to hydrolysis) is 1. The van der Waals surface area contributed by atoms with Crippen molar-refractivity contribution in [2.75, 3.05) is 17.8 Å². The van der Waals surface area contributed by atoms with E-state index in [2.05, 4.69) is 15.0 Å². The third kappa shape index (κ3) is 9.67. The predicted octanol–water partition coefficient (Wildman–Crippen LogP) is 3.07. The Kier molecular flexibility index (Phi) is 11.1. The van der Waals surface area contributed by atoms with Gasteiger partial charge in [0.25, 0.3) is 10.0 Å². The third-order valence-electron chi connectivity index (χ3n) is 6.23. The van der Waals surface area contributed by atoms with E-state index in [1.165, 1.54) is 17.1 Å². The summed E-state index contributed by atoms with van der Waals surface area (Å²) >= 11 is 0. The molecule has 1 aromatic heterocycles. The van der Waals surface area contributed by atoms with E-state index >= 15 is 0 Å². The number of amides is 1. The number of rotatable bonds is 13. The first kappa shape index (κ1) is 34.8. The maximum Gasteiger partial charge on any atom is 0.407 e. The lowest BCUT2D eigenvalue weighted by Crippen LogP contribution is -2.51. The molecule has 4 N–H and O–H groups in total. The molecular formula is C29H41N5O8S2. The van der Waals surface area contributed by atoms with Gasteiger partial charge in [0.15, 0.2) is 5.03 Å². The van der Waals surface area contributed by atoms with Crippen LogP contribution in [0.1, 0.15) is 40.2 Å². The molecule has 44 heavy (non-hydrogen) atoms. The summed E-state index contributed by atoms with van der Waals surface area (Å²) in [5.41, 5.74) is -0.363. The summed E-state index contributed by atoms with van der Waals surface area (Å²) in [6, 6.07) is 11.4. The van der Waals surface area contributed by atoms with Crippen LogP contribution in [0.4, 0.5) is 10.5 Å². The minimum Gasteiger partial charge on any atom is -0.506 e. The van der Waals surface area contributed by atoms with Crippen molar-refractivity contribution in [2.24, 2.45) is 13.0 Å². The van der Waals surface area contributed by atoms with E-state index in [9.17, 15) is 31.8 Å². The Hall–Kier alpha value is -3.66. The van der Waals surface area contributed by atoms with Crippen LogP contribution < -0.4 is 10.0 Å². The molecule has 0 unspecified atom stereocenters. The molecule has 0 radical (unpaired) electrons. The molecule has 15 heteroatoms. The molecule has 3 rings (SSSR count). The first-order valence-electron chi connectivity index (χ1n) is 13.9. The van der Waals surface area contributed by atoms with E-state index in [0.717, 1.165) is 28.1 Å². The van der Waals surface area contributed by atoms with Crippen molar-refractivity contribution < 1.29 is 36.6 Å². The zero-order valence-electron chi connectivity index (χ0n) is 25.6. The fourth-order valence-electron chi connectivity index (χ4n) is 4.26. The summed E-state index contributed by atoms with van der Waals surface area (Å²) in [5.74, 6) is -0.661. The van der Waals surface area contributed by atoms with Crippen LogP contribution in [0.5, 0.6) is 5.75 Å². The van der Waals surface area contributed by atoms with Crippen LogP contribution in [-0.4, -0.2) is 77.8 Å². The number of sulfonamides is 2. The standard InChI is InChI=1S/C29H41N5O8S2/c1-20(2)16-34(17-26(36)23(14-21-10-8-7-9-11-21)31-28(37)42-29(3,4)5)44(40,41)22-12-13-25(35)24(15-22)32-43(38,39)27-18-33(6)19-30-27/h7-13,15,18-20,23,26,32,35-36H,14,16-17H2,1-6H3,(H,31,37)/t23-,26+/m0/s1. The number of imidazole rings is 1. The topological polar surface area (TPSA) is 180 Å². The van der Waals surface area contributed by atoms with Gasteiger partial charge in [-0.1, -0.05) is 44.2 Å². The second kappa shape index (κ2) is 14.0. The van der Waals surface area contributed by atoms with Crippen LogP contribution in [0.2, 0.25) is 0 Å². The number of carbonyl (C=O) groups is 1. The van der Waals surface area contributed by atoms with Gasteiger partial charge in [-0.2, -0.15) is 12.7 Å². The molecule has 2 aromatic carbocycles. The highest BCUT2D eigenvalue weighted by atomic mass is 32.2. The van der Waals surface area contributed by atoms with Gasteiger partial charge in [0.05, 0.1) is 29.1 Å². The Morgan fingerprint density at radius 1 is 1.07 bits per heavy atom. The fraction of sp³-hybridized carbons (Fsp3) is 0.448. The number of phenolic OH excluding ortho intramolecular Hbond substituents is 1. The predicted molar refractivity (Wildman–Crippen MR) is 165 cm³/mol. The zero-order valence-corrected chi connectivity index (χ0v) is 27.3. The van der Waals surface area contributed by atoms with Crippen molar-refractivity contribution in [3.05, 3.63) is 66.6 Å². The number of aliphatic hydroxyl groups is 1. The van der Waals surface area contributed by atoms with Gasteiger partial charge < -0.3 is 24.8 Å². The Labute approximate surface area is 259 Å². The lowest BCUT2D eigenvalue weighted by Gasteiger charge is -2.31. The van der Waals surface area contributed by atoms with Gasteiger partial charge in [-0.25, -0.2) is 18.2 Å². The number of aromatic nitrogens is 2. The third-order valence-corrected chi connectivity index (χ3v) is 9.31. The lowest BCUT2D eigenvalue weighted by molar-refractivity contribution is 0.0400. The molecule has 0 aliphatic rings. The highest BCUT2D eigenvalue weighted by molar-refractivity contribution is 7.92. The molecule has 0 saturated carbocycles. The molecule has 0 aliphatic heterocycles. The molecule has 0 saturated heterocycles. The highest BCUT2D eigenvalue weighted by Gasteiger charge is 2.33. The van der Waals surface area contributed by atoms with Crippen molar-refractivity contribution in [1.29, 1.82) is 0 Å². The second-order valence-electron chi connectivity index (χ2n) is 11.9. The molecule has 2 atom stereocenters. The number of aliphatic hydroxyl groups excluding tert-OH is 1. The number of hydrogen-bond acceptors (Lipinski definition) is 9. The summed E-state index contributed by atoms with van der Waals surface area (Å²) in [6.45, 7) is 8.32. The van der Waals surface area contributed by atoms with Gasteiger partial charge in [0.2, 0.25) is 10.0 Å². The Morgan fingerprint density at radius 2 is 1.73 bits per heavy atom. The van der Waals surface area contributed by atoms with Crippen LogP contribution in [-0.2, 0) is 38.3 Å². The molecule has 3 aromatic rings. The summed E-state index contributed by atoms with van der Waals surface area (Å²) in [7, 11) is -7.00. The maximum absolute atomic E-state index is 13.9. The summed E-state index contributed by atoms with van der Waals surface area (Å²) in [6.07, 6.45) is 0.598. The van der Waals surface area contributed by atoms with Gasteiger partial charge in [0.1, 0.15) is 11.4 Å². The minimum atomic E-state index is -4.35. The molecular weight excluding hydrogens is 610 g/mol. The fourth-order valence-corrected chi connectivity index (χ4v) is 6.95. The summed E-state index contributed by atoms with van der Waals surface area (Å²) < 4.78 is 63.5. The van der Waals surface area contributed by atoms with Gasteiger partial charge in [0, 0.05) is 26.3 Å². The van der Waals surface area contributed by atoms with Crippen LogP contribution in [0.3, 0.4) is 0 Å². The van der Waals surface area contributed by atoms with Crippen molar-refractivity contribution in [1.82, 2.24) is 19.2 Å². The van der Waals surface area contributed by atoms with Crippen molar-refractivity contribution >= 4 is 31.8 Å². The molecule has 1 amide bonds. The quantitative estimate of drug-likeness (QED) is 0.202. The van der Waals surface area contributed by atoms with Crippen LogP contribution in [0, 0.1) is 5.92 Å². The first-order valence-corrected chi connectivity index (χ1v) is 16.8. The van der Waals surface area contributed by atoms with Crippen LogP contribution in [0.15, 0.2) is 71.0 Å². The average molecular weight is 652 g/mol. The van der Waals surface area contributed by atoms with Crippen LogP contribution in [0.25, 0.3) is 0 Å². The molecule has 242 valence electrons. The van der Waals surface area contributed by atoms with E-state index < -0.39 is 56.2 Å². The van der Waals surface area contributed by atoms with Gasteiger partial charge in [-0.05, 0) is 56.9 Å². The van der Waals surface area contributed by atoms with Gasteiger partial charge in [-0.3, -0.25) is 4.72 Å². The smallest absolute Gasteiger partial charge is 0.407 e. The van der Waals surface area contributed by atoms with Crippen molar-refractivity contribution in [2.45, 2.75) is 68.7 Å². The molecule has 0 fully saturated rings. The normalized spacial score (nSPS) is 13.9. The lowest BCUT2D eigenvalue weighted by atomic mass is 10.0. The Bertz CT molecular complexity index is 1640. The first-order chi connectivity index (χ1) is 20.4. The number of benzene rings is 2. The van der Waals surface area contributed by atoms with E-state index in [-0.39, 0.29) is 34.5 Å². The number of nitrogens with zero attached hydrogens (tertiary/aromatic N) is 3. The van der Waals surface area contributed by atoms with Crippen LogP contribution >= 0.6 is 0 Å². The van der Waals surface area contributed by atoms with E-state index in [1.54, 1.807) is 41.7 Å². The Morgan fingerprint density at radius 3 is 2.30 bits per heavy atom. The molecule has 0 aliphatic carbocycles. The number of phenols is 1. The number of carbonyl (C=O) groups excluding carboxylic acids is 1. The Balaban J connectivity index is 1.92. The molecule has 13 nitrogen and oxygen atoms in total. The largest absolute Gasteiger partial charge is 0.506 e. The van der Waals surface area contributed by atoms with E-state index in [0.29, 0.717) is 0 Å². The number of nitrogens with one attached hydrogen (secondary N) is 2. The zero-order chi connectivity index (χ0) is 32.9. The van der Waals surface area contributed by atoms with Crippen molar-refractivity contribution in [3.8, 4) is 5.75 Å². The molecule has 0 bridgehead atoms. The van der Waals surface area contributed by atoms with Gasteiger partial charge >= 0.3 is 6.09 Å². The van der Waals surface area contributed by atoms with Gasteiger partial charge in [-0.15, -0.1) is 0 Å². The summed E-state index contributed by atoms with van der Waals surface area (Å²) in [5, 5.41) is 24.1. The monoisotopic (exact) mass is 651 g/mol. The number of ether oxygens (including phenoxy) is 1. The average Bonchev–Trinajstić information content (AvgIpc) is 3.35. The minimum absolute atomic E-state index is 0.000238. The highest BCUT2D eigenvalue weighted by Crippen LogP contribution is 2.30. The summed E-state index contributed by atoms with van der Waals surface area (Å²) in [4.78, 5) is 16.2. The number of aromatic hydroxyl groups is 1. The number of hydrogen-bond donors (Lipinski definition) is 4. The second-order valence-corrected chi connectivity index (χ2v) is 15.5. The molecule has 1 heterocycles. The number of anilines is 1. The SMILES string of the molecule is CC(C)CN(C[C@@H](O)[C@H](Cc1ccccc1)NC(=O)OC(C)(C)C)S(=O)(=O)c1ccc(O)c(NS(=O)(=O)c2cn(C)cn2)c1. The maximum atomic E-state index is 13.9.